The molecule has 2 atom stereocenters. The number of halogens is 2. The van der Waals surface area contributed by atoms with Crippen LogP contribution in [0.4, 0.5) is 14.5 Å². The summed E-state index contributed by atoms with van der Waals surface area (Å²) in [6, 6.07) is 10.1. The normalized spacial score (nSPS) is 16.8. The number of hydrogen-bond acceptors (Lipinski definition) is 4. The van der Waals surface area contributed by atoms with Crippen molar-refractivity contribution in [3.05, 3.63) is 65.2 Å². The van der Waals surface area contributed by atoms with Crippen molar-refractivity contribution in [2.24, 2.45) is 0 Å². The zero-order valence-electron chi connectivity index (χ0n) is 17.5. The van der Waals surface area contributed by atoms with Crippen LogP contribution in [0.2, 0.25) is 0 Å². The fourth-order valence-corrected chi connectivity index (χ4v) is 3.67. The van der Waals surface area contributed by atoms with E-state index in [1.54, 1.807) is 24.3 Å². The monoisotopic (exact) mass is 415 g/mol. The van der Waals surface area contributed by atoms with Crippen LogP contribution in [-0.2, 0) is 4.79 Å². The molecular weight excluding hydrogens is 388 g/mol. The van der Waals surface area contributed by atoms with Gasteiger partial charge in [0.1, 0.15) is 11.6 Å². The third-order valence-electron chi connectivity index (χ3n) is 5.67. The van der Waals surface area contributed by atoms with Crippen molar-refractivity contribution >= 4 is 17.4 Å². The summed E-state index contributed by atoms with van der Waals surface area (Å²) in [7, 11) is 0. The van der Waals surface area contributed by atoms with Crippen LogP contribution in [0, 0.1) is 11.6 Å². The Bertz CT molecular complexity index is 909. The molecule has 2 aromatic rings. The largest absolute Gasteiger partial charge is 0.367 e. The van der Waals surface area contributed by atoms with E-state index in [9.17, 15) is 18.4 Å². The Morgan fingerprint density at radius 3 is 2.17 bits per heavy atom. The Morgan fingerprint density at radius 1 is 0.967 bits per heavy atom. The minimum absolute atomic E-state index is 0.0998. The van der Waals surface area contributed by atoms with Gasteiger partial charge in [-0.25, -0.2) is 8.78 Å². The molecule has 0 aliphatic carbocycles. The maximum Gasteiger partial charge on any atom is 0.237 e. The van der Waals surface area contributed by atoms with E-state index in [-0.39, 0.29) is 29.6 Å². The van der Waals surface area contributed by atoms with Gasteiger partial charge in [-0.2, -0.15) is 0 Å². The molecule has 7 heteroatoms. The molecule has 1 heterocycles. The number of carbonyl (C=O) groups is 2. The van der Waals surface area contributed by atoms with E-state index in [2.05, 4.69) is 10.2 Å². The number of nitrogens with one attached hydrogen (secondary N) is 1. The average molecular weight is 415 g/mol. The van der Waals surface area contributed by atoms with Gasteiger partial charge in [0.05, 0.1) is 17.8 Å². The minimum atomic E-state index is -0.407. The summed E-state index contributed by atoms with van der Waals surface area (Å²) >= 11 is 0. The number of carbonyl (C=O) groups excluding carboxylic acids is 2. The maximum atomic E-state index is 14.4. The lowest BCUT2D eigenvalue weighted by molar-refractivity contribution is -0.126. The molecule has 2 aromatic carbocycles. The summed E-state index contributed by atoms with van der Waals surface area (Å²) in [5.41, 5.74) is 1.67. The lowest BCUT2D eigenvalue weighted by atomic mass is 10.1. The second kappa shape index (κ2) is 9.34. The number of anilines is 1. The minimum Gasteiger partial charge on any atom is -0.367 e. The molecule has 0 bridgehead atoms. The number of hydrogen-bond donors (Lipinski definition) is 1. The van der Waals surface area contributed by atoms with Gasteiger partial charge in [0, 0.05) is 31.7 Å². The van der Waals surface area contributed by atoms with Crippen LogP contribution < -0.4 is 10.2 Å². The van der Waals surface area contributed by atoms with Crippen LogP contribution in [0.3, 0.4) is 0 Å². The first kappa shape index (κ1) is 21.9. The standard InChI is InChI=1S/C23H27F2N3O2/c1-15(18-4-7-20(24)8-5-18)26-23(30)16(2)27-10-12-28(13-11-27)22-9-6-19(17(3)29)14-21(22)25/h4-9,14-16H,10-13H2,1-3H3,(H,26,30)/t15-,16-/m1/s1. The number of piperazine rings is 1. The van der Waals surface area contributed by atoms with Crippen molar-refractivity contribution in [3.63, 3.8) is 0 Å². The quantitative estimate of drug-likeness (QED) is 0.733. The van der Waals surface area contributed by atoms with Crippen LogP contribution in [0.1, 0.15) is 42.7 Å². The number of benzene rings is 2. The van der Waals surface area contributed by atoms with Crippen LogP contribution in [0.25, 0.3) is 0 Å². The predicted octanol–water partition coefficient (Wildman–Crippen LogP) is 3.56. The molecule has 0 unspecified atom stereocenters. The van der Waals surface area contributed by atoms with E-state index in [0.29, 0.717) is 37.4 Å². The van der Waals surface area contributed by atoms with Gasteiger partial charge in [-0.3, -0.25) is 14.5 Å². The van der Waals surface area contributed by atoms with E-state index in [1.807, 2.05) is 18.7 Å². The third-order valence-corrected chi connectivity index (χ3v) is 5.67. The van der Waals surface area contributed by atoms with Crippen LogP contribution in [0.5, 0.6) is 0 Å². The van der Waals surface area contributed by atoms with Crippen molar-refractivity contribution in [3.8, 4) is 0 Å². The molecule has 0 aromatic heterocycles. The highest BCUT2D eigenvalue weighted by Crippen LogP contribution is 2.23. The van der Waals surface area contributed by atoms with Gasteiger partial charge in [0.15, 0.2) is 5.78 Å². The molecule has 1 N–H and O–H groups in total. The average Bonchev–Trinajstić information content (AvgIpc) is 2.73. The van der Waals surface area contributed by atoms with Gasteiger partial charge in [-0.15, -0.1) is 0 Å². The summed E-state index contributed by atoms with van der Waals surface area (Å²) in [6.45, 7) is 7.54. The molecule has 0 spiro atoms. The van der Waals surface area contributed by atoms with Crippen LogP contribution >= 0.6 is 0 Å². The number of ketones is 1. The lowest BCUT2D eigenvalue weighted by Crippen LogP contribution is -2.54. The lowest BCUT2D eigenvalue weighted by Gasteiger charge is -2.38. The molecule has 1 amide bonds. The first-order chi connectivity index (χ1) is 14.3. The number of nitrogens with zero attached hydrogens (tertiary/aromatic N) is 2. The van der Waals surface area contributed by atoms with Crippen molar-refractivity contribution < 1.29 is 18.4 Å². The molecule has 3 rings (SSSR count). The SMILES string of the molecule is CC(=O)c1ccc(N2CCN([C@H](C)C(=O)N[C@H](C)c3ccc(F)cc3)CC2)c(F)c1. The first-order valence-corrected chi connectivity index (χ1v) is 10.1. The zero-order valence-corrected chi connectivity index (χ0v) is 17.5. The molecule has 1 fully saturated rings. The summed E-state index contributed by atoms with van der Waals surface area (Å²) in [5, 5.41) is 2.97. The Morgan fingerprint density at radius 2 is 1.60 bits per heavy atom. The van der Waals surface area contributed by atoms with E-state index in [4.69, 9.17) is 0 Å². The Hall–Kier alpha value is -2.80. The van der Waals surface area contributed by atoms with Gasteiger partial charge in [0.25, 0.3) is 0 Å². The number of amides is 1. The summed E-state index contributed by atoms with van der Waals surface area (Å²) < 4.78 is 27.5. The smallest absolute Gasteiger partial charge is 0.237 e. The van der Waals surface area contributed by atoms with Gasteiger partial charge < -0.3 is 10.2 Å². The van der Waals surface area contributed by atoms with E-state index in [0.717, 1.165) is 5.56 Å². The van der Waals surface area contributed by atoms with Crippen molar-refractivity contribution in [2.75, 3.05) is 31.1 Å². The first-order valence-electron chi connectivity index (χ1n) is 10.1. The topological polar surface area (TPSA) is 52.7 Å². The molecule has 0 radical (unpaired) electrons. The van der Waals surface area contributed by atoms with Crippen LogP contribution in [-0.4, -0.2) is 48.8 Å². The molecule has 160 valence electrons. The fourth-order valence-electron chi connectivity index (χ4n) is 3.67. The second-order valence-electron chi connectivity index (χ2n) is 7.70. The Labute approximate surface area is 175 Å². The summed E-state index contributed by atoms with van der Waals surface area (Å²) in [6.07, 6.45) is 0. The van der Waals surface area contributed by atoms with Gasteiger partial charge in [-0.1, -0.05) is 12.1 Å². The molecular formula is C23H27F2N3O2. The van der Waals surface area contributed by atoms with E-state index < -0.39 is 5.82 Å². The third kappa shape index (κ3) is 5.02. The number of Topliss-reactive ketones (excluding diaryl/α,β-unsaturated/α-hetero) is 1. The molecule has 1 aliphatic rings. The number of rotatable bonds is 6. The zero-order chi connectivity index (χ0) is 21.8. The van der Waals surface area contributed by atoms with Gasteiger partial charge in [0.2, 0.25) is 5.91 Å². The van der Waals surface area contributed by atoms with Gasteiger partial charge in [-0.05, 0) is 56.7 Å². The highest BCUT2D eigenvalue weighted by molar-refractivity contribution is 5.94. The van der Waals surface area contributed by atoms with Crippen molar-refractivity contribution in [1.82, 2.24) is 10.2 Å². The molecule has 0 saturated carbocycles. The van der Waals surface area contributed by atoms with Crippen LogP contribution in [0.15, 0.2) is 42.5 Å². The van der Waals surface area contributed by atoms with E-state index in [1.165, 1.54) is 25.1 Å². The maximum absolute atomic E-state index is 14.4. The molecule has 1 saturated heterocycles. The van der Waals surface area contributed by atoms with Crippen molar-refractivity contribution in [2.45, 2.75) is 32.9 Å². The molecule has 30 heavy (non-hydrogen) atoms. The summed E-state index contributed by atoms with van der Waals surface area (Å²) in [5.74, 6) is -0.983. The molecule has 1 aliphatic heterocycles. The summed E-state index contributed by atoms with van der Waals surface area (Å²) in [4.78, 5) is 28.1. The van der Waals surface area contributed by atoms with E-state index >= 15 is 0 Å². The highest BCUT2D eigenvalue weighted by Gasteiger charge is 2.27. The predicted molar refractivity (Wildman–Crippen MR) is 113 cm³/mol. The Kier molecular flexibility index (Phi) is 6.82. The second-order valence-corrected chi connectivity index (χ2v) is 7.70. The highest BCUT2D eigenvalue weighted by atomic mass is 19.1. The Balaban J connectivity index is 1.55. The van der Waals surface area contributed by atoms with Gasteiger partial charge >= 0.3 is 0 Å². The molecule has 5 nitrogen and oxygen atoms in total. The van der Waals surface area contributed by atoms with Crippen molar-refractivity contribution in [1.29, 1.82) is 0 Å². The fraction of sp³-hybridized carbons (Fsp3) is 0.391.